The molecule has 3 fully saturated rings. The standard InChI is InChI=1S/C21H26ClF2N5O2/c1-12-15(30)4-2-7-29(12)19-14-9-25-18(22)16(24)17(14)26-20(27-19)31-11-21-5-3-6-28(21)10-13(23)8-21/h9,12-13,15,30H,2-8,10-11H2,1H3/t12-,13-,15-,21+/m1/s1. The first-order valence-corrected chi connectivity index (χ1v) is 11.2. The molecular weight excluding hydrogens is 428 g/mol. The zero-order valence-electron chi connectivity index (χ0n) is 17.4. The van der Waals surface area contributed by atoms with E-state index < -0.39 is 18.1 Å². The molecule has 4 atom stereocenters. The van der Waals surface area contributed by atoms with Gasteiger partial charge in [-0.1, -0.05) is 11.6 Å². The van der Waals surface area contributed by atoms with Crippen LogP contribution in [-0.2, 0) is 0 Å². The van der Waals surface area contributed by atoms with Crippen LogP contribution >= 0.6 is 11.6 Å². The van der Waals surface area contributed by atoms with Crippen molar-refractivity contribution in [2.24, 2.45) is 0 Å². The van der Waals surface area contributed by atoms with Gasteiger partial charge in [-0.05, 0) is 39.2 Å². The van der Waals surface area contributed by atoms with Gasteiger partial charge in [0, 0.05) is 25.7 Å². The third-order valence-electron chi connectivity index (χ3n) is 7.05. The van der Waals surface area contributed by atoms with Gasteiger partial charge < -0.3 is 14.7 Å². The molecule has 31 heavy (non-hydrogen) atoms. The molecule has 0 unspecified atom stereocenters. The normalized spacial score (nSPS) is 31.4. The number of aliphatic hydroxyl groups is 1. The number of hydrogen-bond donors (Lipinski definition) is 1. The summed E-state index contributed by atoms with van der Waals surface area (Å²) < 4.78 is 34.9. The summed E-state index contributed by atoms with van der Waals surface area (Å²) in [5.41, 5.74) is -0.330. The van der Waals surface area contributed by atoms with Crippen molar-refractivity contribution in [2.75, 3.05) is 31.1 Å². The minimum absolute atomic E-state index is 0.0273. The number of ether oxygens (including phenoxy) is 1. The van der Waals surface area contributed by atoms with Gasteiger partial charge in [-0.25, -0.2) is 13.8 Å². The van der Waals surface area contributed by atoms with Crippen molar-refractivity contribution < 1.29 is 18.6 Å². The van der Waals surface area contributed by atoms with Gasteiger partial charge in [-0.2, -0.15) is 9.97 Å². The van der Waals surface area contributed by atoms with E-state index in [0.717, 1.165) is 25.8 Å². The van der Waals surface area contributed by atoms with E-state index in [2.05, 4.69) is 19.9 Å². The first-order valence-electron chi connectivity index (χ1n) is 10.9. The van der Waals surface area contributed by atoms with Crippen molar-refractivity contribution in [1.82, 2.24) is 19.9 Å². The summed E-state index contributed by atoms with van der Waals surface area (Å²) in [6, 6.07) is -0.177. The minimum Gasteiger partial charge on any atom is -0.461 e. The molecule has 0 aromatic carbocycles. The number of anilines is 1. The molecule has 0 radical (unpaired) electrons. The molecule has 3 saturated heterocycles. The SMILES string of the molecule is C[C@@H]1[C@H](O)CCCN1c1nc(OC[C@@]23CCCN2C[C@H](F)C3)nc2c(F)c(Cl)ncc12. The highest BCUT2D eigenvalue weighted by atomic mass is 35.5. The van der Waals surface area contributed by atoms with Gasteiger partial charge in [0.1, 0.15) is 24.1 Å². The number of aromatic nitrogens is 3. The lowest BCUT2D eigenvalue weighted by molar-refractivity contribution is 0.107. The Labute approximate surface area is 184 Å². The Morgan fingerprint density at radius 3 is 3.00 bits per heavy atom. The Bertz CT molecular complexity index is 998. The molecule has 5 rings (SSSR count). The van der Waals surface area contributed by atoms with Crippen molar-refractivity contribution in [1.29, 1.82) is 0 Å². The van der Waals surface area contributed by atoms with Crippen LogP contribution in [0.1, 0.15) is 39.0 Å². The lowest BCUT2D eigenvalue weighted by atomic mass is 9.95. The zero-order valence-corrected chi connectivity index (χ0v) is 18.2. The van der Waals surface area contributed by atoms with Crippen LogP contribution in [0.3, 0.4) is 0 Å². The van der Waals surface area contributed by atoms with Crippen molar-refractivity contribution in [2.45, 2.75) is 62.9 Å². The van der Waals surface area contributed by atoms with Gasteiger partial charge in [-0.3, -0.25) is 4.90 Å². The third-order valence-corrected chi connectivity index (χ3v) is 7.31. The average Bonchev–Trinajstić information content (AvgIpc) is 3.27. The Kier molecular flexibility index (Phi) is 5.38. The van der Waals surface area contributed by atoms with E-state index in [9.17, 15) is 13.9 Å². The monoisotopic (exact) mass is 453 g/mol. The molecular formula is C21H26ClF2N5O2. The predicted octanol–water partition coefficient (Wildman–Crippen LogP) is 3.12. The maximum absolute atomic E-state index is 14.8. The number of rotatable bonds is 4. The Balaban J connectivity index is 1.52. The molecule has 1 N–H and O–H groups in total. The first-order chi connectivity index (χ1) is 14.9. The second-order valence-electron chi connectivity index (χ2n) is 8.96. The second kappa shape index (κ2) is 7.94. The van der Waals surface area contributed by atoms with E-state index in [0.29, 0.717) is 37.1 Å². The highest BCUT2D eigenvalue weighted by molar-refractivity contribution is 6.30. The molecule has 3 aliphatic rings. The predicted molar refractivity (Wildman–Crippen MR) is 113 cm³/mol. The minimum atomic E-state index is -0.866. The number of nitrogens with zero attached hydrogens (tertiary/aromatic N) is 5. The molecule has 3 aliphatic heterocycles. The lowest BCUT2D eigenvalue weighted by Crippen LogP contribution is -2.47. The highest BCUT2D eigenvalue weighted by Gasteiger charge is 2.49. The lowest BCUT2D eigenvalue weighted by Gasteiger charge is -2.38. The van der Waals surface area contributed by atoms with Crippen molar-refractivity contribution in [3.05, 3.63) is 17.2 Å². The van der Waals surface area contributed by atoms with Gasteiger partial charge >= 0.3 is 6.01 Å². The Morgan fingerprint density at radius 1 is 1.32 bits per heavy atom. The highest BCUT2D eigenvalue weighted by Crippen LogP contribution is 2.40. The molecule has 2 aromatic heterocycles. The summed E-state index contributed by atoms with van der Waals surface area (Å²) >= 11 is 5.91. The van der Waals surface area contributed by atoms with Crippen LogP contribution in [0.25, 0.3) is 10.9 Å². The zero-order chi connectivity index (χ0) is 21.8. The van der Waals surface area contributed by atoms with E-state index in [1.54, 1.807) is 0 Å². The molecule has 0 bridgehead atoms. The quantitative estimate of drug-likeness (QED) is 0.713. The number of alkyl halides is 1. The van der Waals surface area contributed by atoms with E-state index in [1.807, 2.05) is 11.8 Å². The van der Waals surface area contributed by atoms with Crippen molar-refractivity contribution in [3.63, 3.8) is 0 Å². The fraction of sp³-hybridized carbons (Fsp3) is 0.667. The number of halogens is 3. The van der Waals surface area contributed by atoms with E-state index in [-0.39, 0.29) is 34.9 Å². The van der Waals surface area contributed by atoms with E-state index >= 15 is 0 Å². The van der Waals surface area contributed by atoms with Crippen LogP contribution in [-0.4, -0.2) is 75.1 Å². The summed E-state index contributed by atoms with van der Waals surface area (Å²) in [6.07, 6.45) is 3.83. The molecule has 10 heteroatoms. The van der Waals surface area contributed by atoms with Crippen LogP contribution < -0.4 is 9.64 Å². The summed E-state index contributed by atoms with van der Waals surface area (Å²) in [7, 11) is 0. The second-order valence-corrected chi connectivity index (χ2v) is 9.32. The molecule has 0 amide bonds. The Morgan fingerprint density at radius 2 is 2.16 bits per heavy atom. The van der Waals surface area contributed by atoms with Crippen LogP contribution in [0.15, 0.2) is 6.20 Å². The maximum atomic E-state index is 14.8. The van der Waals surface area contributed by atoms with Crippen LogP contribution in [0.4, 0.5) is 14.6 Å². The van der Waals surface area contributed by atoms with Crippen molar-refractivity contribution >= 4 is 28.3 Å². The maximum Gasteiger partial charge on any atom is 0.319 e. The number of hydrogen-bond acceptors (Lipinski definition) is 7. The molecule has 2 aromatic rings. The van der Waals surface area contributed by atoms with Crippen LogP contribution in [0, 0.1) is 5.82 Å². The topological polar surface area (TPSA) is 74.6 Å². The molecule has 0 saturated carbocycles. The van der Waals surface area contributed by atoms with Crippen LogP contribution in [0.5, 0.6) is 6.01 Å². The third kappa shape index (κ3) is 3.60. The average molecular weight is 454 g/mol. The number of piperidine rings is 1. The molecule has 0 aliphatic carbocycles. The largest absolute Gasteiger partial charge is 0.461 e. The smallest absolute Gasteiger partial charge is 0.319 e. The number of pyridine rings is 1. The van der Waals surface area contributed by atoms with E-state index in [4.69, 9.17) is 16.3 Å². The molecule has 7 nitrogen and oxygen atoms in total. The van der Waals surface area contributed by atoms with Gasteiger partial charge in [0.2, 0.25) is 0 Å². The fourth-order valence-corrected chi connectivity index (χ4v) is 5.49. The van der Waals surface area contributed by atoms with E-state index in [1.165, 1.54) is 6.20 Å². The number of fused-ring (bicyclic) bond motifs is 2. The summed E-state index contributed by atoms with van der Waals surface area (Å²) in [5.74, 6) is -0.270. The first kappa shape index (κ1) is 21.0. The number of aliphatic hydroxyl groups excluding tert-OH is 1. The van der Waals surface area contributed by atoms with Gasteiger partial charge in [-0.15, -0.1) is 0 Å². The molecule has 0 spiro atoms. The summed E-state index contributed by atoms with van der Waals surface area (Å²) in [4.78, 5) is 16.9. The summed E-state index contributed by atoms with van der Waals surface area (Å²) in [6.45, 7) is 4.10. The fourth-order valence-electron chi connectivity index (χ4n) is 5.35. The molecule has 168 valence electrons. The van der Waals surface area contributed by atoms with Gasteiger partial charge in [0.25, 0.3) is 0 Å². The van der Waals surface area contributed by atoms with Gasteiger partial charge in [0.15, 0.2) is 11.0 Å². The van der Waals surface area contributed by atoms with Crippen LogP contribution in [0.2, 0.25) is 5.15 Å². The summed E-state index contributed by atoms with van der Waals surface area (Å²) in [5, 5.41) is 10.5. The van der Waals surface area contributed by atoms with Crippen molar-refractivity contribution in [3.8, 4) is 6.01 Å². The van der Waals surface area contributed by atoms with Gasteiger partial charge in [0.05, 0.1) is 23.1 Å². The molecule has 5 heterocycles. The Hall–Kier alpha value is -1.84.